The molecular weight excluding hydrogens is 92.1 g/mol. The highest BCUT2D eigenvalue weighted by atomic mass is 16.1. The molecule has 0 radical (unpaired) electrons. The molecule has 0 aromatic carbocycles. The number of carbonyl (C=O) groups is 1. The van der Waals surface area contributed by atoms with E-state index in [1.807, 2.05) is 0 Å². The summed E-state index contributed by atoms with van der Waals surface area (Å²) in [6, 6.07) is 0. The standard InChI is InChI=1S/C4H6N2O/c1-2-4(7)3-6-5/h2-3H,1,5H2. The summed E-state index contributed by atoms with van der Waals surface area (Å²) >= 11 is 0. The Morgan fingerprint density at radius 1 is 1.86 bits per heavy atom. The van der Waals surface area contributed by atoms with Gasteiger partial charge in [0.15, 0.2) is 5.78 Å². The number of nitrogens with two attached hydrogens (primary N) is 1. The molecule has 38 valence electrons. The third-order valence-corrected chi connectivity index (χ3v) is 0.403. The van der Waals surface area contributed by atoms with Crippen LogP contribution in [0.1, 0.15) is 0 Å². The predicted octanol–water partition coefficient (Wildman–Crippen LogP) is -0.314. The quantitative estimate of drug-likeness (QED) is 0.223. The molecule has 0 fully saturated rings. The second-order valence-electron chi connectivity index (χ2n) is 0.885. The molecule has 0 aliphatic heterocycles. The molecule has 0 spiro atoms. The SMILES string of the molecule is C=CC(=O)C=NN. The lowest BCUT2D eigenvalue weighted by atomic mass is 10.4. The van der Waals surface area contributed by atoms with Crippen LogP contribution >= 0.6 is 0 Å². The first-order valence-electron chi connectivity index (χ1n) is 1.71. The number of ketones is 1. The van der Waals surface area contributed by atoms with Crippen molar-refractivity contribution in [1.82, 2.24) is 0 Å². The van der Waals surface area contributed by atoms with Gasteiger partial charge in [-0.3, -0.25) is 4.79 Å². The Labute approximate surface area is 41.5 Å². The summed E-state index contributed by atoms with van der Waals surface area (Å²) < 4.78 is 0. The van der Waals surface area contributed by atoms with Crippen LogP contribution in [0.15, 0.2) is 17.8 Å². The summed E-state index contributed by atoms with van der Waals surface area (Å²) in [5.74, 6) is 4.33. The van der Waals surface area contributed by atoms with Gasteiger partial charge in [0.25, 0.3) is 0 Å². The van der Waals surface area contributed by atoms with Crippen LogP contribution in [-0.4, -0.2) is 12.0 Å². The summed E-state index contributed by atoms with van der Waals surface area (Å²) in [5.41, 5.74) is 0. The number of allylic oxidation sites excluding steroid dienone is 1. The van der Waals surface area contributed by atoms with Gasteiger partial charge in [-0.15, -0.1) is 0 Å². The first-order valence-corrected chi connectivity index (χ1v) is 1.71. The smallest absolute Gasteiger partial charge is 0.197 e. The third-order valence-electron chi connectivity index (χ3n) is 0.403. The molecule has 2 N–H and O–H groups in total. The van der Waals surface area contributed by atoms with Crippen molar-refractivity contribution in [2.75, 3.05) is 0 Å². The fraction of sp³-hybridized carbons (Fsp3) is 0. The minimum atomic E-state index is -0.275. The van der Waals surface area contributed by atoms with E-state index >= 15 is 0 Å². The maximum absolute atomic E-state index is 10.1. The molecule has 0 aliphatic carbocycles. The Morgan fingerprint density at radius 3 is 2.57 bits per heavy atom. The summed E-state index contributed by atoms with van der Waals surface area (Å²) in [6.07, 6.45) is 2.13. The topological polar surface area (TPSA) is 55.5 Å². The molecule has 0 saturated heterocycles. The highest BCUT2D eigenvalue weighted by Gasteiger charge is 1.81. The van der Waals surface area contributed by atoms with E-state index in [4.69, 9.17) is 0 Å². The van der Waals surface area contributed by atoms with Gasteiger partial charge in [-0.2, -0.15) is 5.10 Å². The van der Waals surface area contributed by atoms with E-state index in [-0.39, 0.29) is 5.78 Å². The Morgan fingerprint density at radius 2 is 2.43 bits per heavy atom. The second kappa shape index (κ2) is 3.08. The molecule has 0 atom stereocenters. The average molecular weight is 98.1 g/mol. The van der Waals surface area contributed by atoms with Crippen molar-refractivity contribution < 1.29 is 4.79 Å². The van der Waals surface area contributed by atoms with Crippen molar-refractivity contribution in [2.24, 2.45) is 10.9 Å². The number of hydrogen-bond donors (Lipinski definition) is 1. The molecule has 0 saturated carbocycles. The van der Waals surface area contributed by atoms with Crippen molar-refractivity contribution in [3.05, 3.63) is 12.7 Å². The average Bonchev–Trinajstić information content (AvgIpc) is 1.68. The van der Waals surface area contributed by atoms with E-state index in [1.165, 1.54) is 0 Å². The molecule has 0 bridgehead atoms. The van der Waals surface area contributed by atoms with Crippen LogP contribution in [0.2, 0.25) is 0 Å². The van der Waals surface area contributed by atoms with Gasteiger partial charge < -0.3 is 5.84 Å². The molecule has 3 nitrogen and oxygen atoms in total. The first kappa shape index (κ1) is 5.88. The van der Waals surface area contributed by atoms with E-state index in [0.717, 1.165) is 12.3 Å². The summed E-state index contributed by atoms with van der Waals surface area (Å²) in [7, 11) is 0. The van der Waals surface area contributed by atoms with Crippen LogP contribution in [0.25, 0.3) is 0 Å². The third kappa shape index (κ3) is 2.69. The molecule has 0 rings (SSSR count). The van der Waals surface area contributed by atoms with E-state index in [0.29, 0.717) is 0 Å². The largest absolute Gasteiger partial charge is 0.323 e. The lowest BCUT2D eigenvalue weighted by Gasteiger charge is -1.71. The number of hydrazone groups is 1. The number of nitrogens with zero attached hydrogens (tertiary/aromatic N) is 1. The number of carbonyl (C=O) groups excluding carboxylic acids is 1. The monoisotopic (exact) mass is 98.0 g/mol. The zero-order chi connectivity index (χ0) is 5.70. The van der Waals surface area contributed by atoms with Crippen molar-refractivity contribution >= 4 is 12.0 Å². The van der Waals surface area contributed by atoms with Crippen LogP contribution in [-0.2, 0) is 4.79 Å². The molecule has 0 aliphatic rings. The minimum absolute atomic E-state index is 0.275. The lowest BCUT2D eigenvalue weighted by molar-refractivity contribution is -0.108. The van der Waals surface area contributed by atoms with E-state index in [9.17, 15) is 4.79 Å². The molecule has 3 heteroatoms. The van der Waals surface area contributed by atoms with E-state index in [2.05, 4.69) is 17.5 Å². The van der Waals surface area contributed by atoms with Gasteiger partial charge in [0, 0.05) is 0 Å². The normalized spacial score (nSPS) is 9.14. The van der Waals surface area contributed by atoms with Gasteiger partial charge in [0.1, 0.15) is 0 Å². The Kier molecular flexibility index (Phi) is 2.59. The second-order valence-corrected chi connectivity index (χ2v) is 0.885. The molecule has 0 heterocycles. The van der Waals surface area contributed by atoms with Gasteiger partial charge in [0.2, 0.25) is 0 Å². The van der Waals surface area contributed by atoms with Crippen LogP contribution in [0.3, 0.4) is 0 Å². The molecule has 0 unspecified atom stereocenters. The molecule has 0 aromatic heterocycles. The van der Waals surface area contributed by atoms with Crippen molar-refractivity contribution in [3.8, 4) is 0 Å². The fourth-order valence-electron chi connectivity index (χ4n) is 0.126. The highest BCUT2D eigenvalue weighted by molar-refractivity contribution is 6.32. The zero-order valence-corrected chi connectivity index (χ0v) is 3.79. The van der Waals surface area contributed by atoms with Crippen molar-refractivity contribution in [3.63, 3.8) is 0 Å². The van der Waals surface area contributed by atoms with Gasteiger partial charge in [-0.25, -0.2) is 0 Å². The van der Waals surface area contributed by atoms with Gasteiger partial charge in [-0.1, -0.05) is 6.58 Å². The highest BCUT2D eigenvalue weighted by Crippen LogP contribution is 1.61. The number of rotatable bonds is 2. The van der Waals surface area contributed by atoms with Gasteiger partial charge in [0.05, 0.1) is 6.21 Å². The molecule has 7 heavy (non-hydrogen) atoms. The predicted molar refractivity (Wildman–Crippen MR) is 27.9 cm³/mol. The molecule has 0 amide bonds. The maximum atomic E-state index is 10.1. The van der Waals surface area contributed by atoms with Crippen LogP contribution in [0.4, 0.5) is 0 Å². The van der Waals surface area contributed by atoms with Crippen LogP contribution in [0, 0.1) is 0 Å². The Bertz CT molecular complexity index is 106. The van der Waals surface area contributed by atoms with Crippen molar-refractivity contribution in [1.29, 1.82) is 0 Å². The number of hydrogen-bond acceptors (Lipinski definition) is 3. The van der Waals surface area contributed by atoms with Crippen molar-refractivity contribution in [2.45, 2.75) is 0 Å². The molecule has 0 aromatic rings. The maximum Gasteiger partial charge on any atom is 0.197 e. The van der Waals surface area contributed by atoms with Crippen LogP contribution in [0.5, 0.6) is 0 Å². The first-order chi connectivity index (χ1) is 3.31. The fourth-order valence-corrected chi connectivity index (χ4v) is 0.126. The van der Waals surface area contributed by atoms with Gasteiger partial charge in [-0.05, 0) is 6.08 Å². The Hall–Kier alpha value is -1.12. The molecular formula is C4H6N2O. The Balaban J connectivity index is 3.58. The van der Waals surface area contributed by atoms with E-state index < -0.39 is 0 Å². The lowest BCUT2D eigenvalue weighted by Crippen LogP contribution is -1.94. The summed E-state index contributed by atoms with van der Waals surface area (Å²) in [5, 5.41) is 2.96. The van der Waals surface area contributed by atoms with E-state index in [1.54, 1.807) is 0 Å². The van der Waals surface area contributed by atoms with Gasteiger partial charge >= 0.3 is 0 Å². The summed E-state index contributed by atoms with van der Waals surface area (Å²) in [4.78, 5) is 10.1. The van der Waals surface area contributed by atoms with Crippen LogP contribution < -0.4 is 5.84 Å². The minimum Gasteiger partial charge on any atom is -0.323 e. The zero-order valence-electron chi connectivity index (χ0n) is 3.79. The summed E-state index contributed by atoms with van der Waals surface area (Å²) in [6.45, 7) is 3.18.